The molecule has 5 atom stereocenters. The van der Waals surface area contributed by atoms with E-state index in [4.69, 9.17) is 0 Å². The third-order valence-electron chi connectivity index (χ3n) is 7.10. The van der Waals surface area contributed by atoms with Crippen LogP contribution in [0.2, 0.25) is 0 Å². The van der Waals surface area contributed by atoms with E-state index in [1.807, 2.05) is 6.92 Å². The summed E-state index contributed by atoms with van der Waals surface area (Å²) in [6.45, 7) is 8.47. The van der Waals surface area contributed by atoms with Gasteiger partial charge in [0.15, 0.2) is 0 Å². The van der Waals surface area contributed by atoms with Crippen molar-refractivity contribution in [3.05, 3.63) is 23.3 Å². The van der Waals surface area contributed by atoms with Gasteiger partial charge in [-0.2, -0.15) is 0 Å². The summed E-state index contributed by atoms with van der Waals surface area (Å²) in [5, 5.41) is 20.4. The van der Waals surface area contributed by atoms with Crippen LogP contribution in [0.4, 0.5) is 0 Å². The van der Waals surface area contributed by atoms with E-state index in [0.29, 0.717) is 5.92 Å². The van der Waals surface area contributed by atoms with Gasteiger partial charge in [-0.25, -0.2) is 0 Å². The number of fused-ring (bicyclic) bond motifs is 3. The molecule has 3 aliphatic carbocycles. The highest BCUT2D eigenvalue weighted by Gasteiger charge is 2.57. The molecule has 0 aromatic rings. The summed E-state index contributed by atoms with van der Waals surface area (Å²) < 4.78 is 0. The Hall–Kier alpha value is -1.09. The molecule has 23 heavy (non-hydrogen) atoms. The standard InChI is InChI=1S/C20H30O3/c1-12(2)14-10-13-6-7-17-19(3,15(13)11-16(14)21)8-5-9-20(17,4)18(22)23/h6,10,12,15-17,21H,5,7-9,11H2,1-4H3,(H,22,23)/t15-,16-,17+,19+,20+/m0/s1. The summed E-state index contributed by atoms with van der Waals surface area (Å²) in [6, 6.07) is 0. The first-order chi connectivity index (χ1) is 10.7. The van der Waals surface area contributed by atoms with Gasteiger partial charge in [0.2, 0.25) is 0 Å². The number of carbonyl (C=O) groups is 1. The molecular weight excluding hydrogens is 288 g/mol. The number of aliphatic hydroxyl groups excluding tert-OH is 1. The Bertz CT molecular complexity index is 573. The number of hydrogen-bond donors (Lipinski definition) is 2. The number of carboxylic acids is 1. The van der Waals surface area contributed by atoms with Crippen LogP contribution in [0, 0.1) is 28.6 Å². The molecule has 0 saturated heterocycles. The lowest BCUT2D eigenvalue weighted by Crippen LogP contribution is -2.53. The third-order valence-corrected chi connectivity index (χ3v) is 7.10. The zero-order chi connectivity index (χ0) is 17.0. The normalized spacial score (nSPS) is 43.3. The average Bonchev–Trinajstić information content (AvgIpc) is 2.46. The third kappa shape index (κ3) is 2.39. The van der Waals surface area contributed by atoms with E-state index in [9.17, 15) is 15.0 Å². The molecule has 1 saturated carbocycles. The zero-order valence-electron chi connectivity index (χ0n) is 14.8. The monoisotopic (exact) mass is 318 g/mol. The smallest absolute Gasteiger partial charge is 0.309 e. The van der Waals surface area contributed by atoms with Crippen molar-refractivity contribution in [3.8, 4) is 0 Å². The molecule has 3 aliphatic rings. The first kappa shape index (κ1) is 16.8. The molecule has 0 aromatic heterocycles. The maximum absolute atomic E-state index is 12.0. The molecule has 0 spiro atoms. The van der Waals surface area contributed by atoms with E-state index in [2.05, 4.69) is 32.9 Å². The minimum Gasteiger partial charge on any atom is -0.481 e. The Morgan fingerprint density at radius 3 is 2.61 bits per heavy atom. The lowest BCUT2D eigenvalue weighted by atomic mass is 9.46. The van der Waals surface area contributed by atoms with Gasteiger partial charge >= 0.3 is 5.97 Å². The quantitative estimate of drug-likeness (QED) is 0.803. The van der Waals surface area contributed by atoms with Crippen molar-refractivity contribution in [1.29, 1.82) is 0 Å². The molecule has 0 radical (unpaired) electrons. The van der Waals surface area contributed by atoms with E-state index in [-0.39, 0.29) is 23.4 Å². The predicted molar refractivity (Wildman–Crippen MR) is 90.9 cm³/mol. The molecule has 0 aromatic carbocycles. The molecule has 3 rings (SSSR count). The van der Waals surface area contributed by atoms with Crippen molar-refractivity contribution in [1.82, 2.24) is 0 Å². The van der Waals surface area contributed by atoms with E-state index in [1.54, 1.807) is 0 Å². The molecule has 0 heterocycles. The van der Waals surface area contributed by atoms with Crippen LogP contribution in [0.3, 0.4) is 0 Å². The highest BCUT2D eigenvalue weighted by Crippen LogP contribution is 2.62. The van der Waals surface area contributed by atoms with Crippen molar-refractivity contribution < 1.29 is 15.0 Å². The molecule has 0 aliphatic heterocycles. The summed E-state index contributed by atoms with van der Waals surface area (Å²) in [5.41, 5.74) is 1.82. The Morgan fingerprint density at radius 2 is 2.00 bits per heavy atom. The zero-order valence-corrected chi connectivity index (χ0v) is 14.8. The highest BCUT2D eigenvalue weighted by molar-refractivity contribution is 5.75. The fraction of sp³-hybridized carbons (Fsp3) is 0.750. The summed E-state index contributed by atoms with van der Waals surface area (Å²) in [7, 11) is 0. The van der Waals surface area contributed by atoms with Crippen molar-refractivity contribution in [3.63, 3.8) is 0 Å². The van der Waals surface area contributed by atoms with Crippen molar-refractivity contribution >= 4 is 5.97 Å². The van der Waals surface area contributed by atoms with Crippen LogP contribution in [-0.2, 0) is 4.79 Å². The van der Waals surface area contributed by atoms with Gasteiger partial charge in [-0.15, -0.1) is 0 Å². The van der Waals surface area contributed by atoms with Gasteiger partial charge in [-0.1, -0.05) is 39.3 Å². The number of rotatable bonds is 2. The maximum Gasteiger partial charge on any atom is 0.309 e. The first-order valence-corrected chi connectivity index (χ1v) is 9.03. The number of hydrogen-bond acceptors (Lipinski definition) is 2. The lowest BCUT2D eigenvalue weighted by molar-refractivity contribution is -0.162. The highest BCUT2D eigenvalue weighted by atomic mass is 16.4. The van der Waals surface area contributed by atoms with Gasteiger partial charge in [0, 0.05) is 0 Å². The minimum atomic E-state index is -0.653. The van der Waals surface area contributed by atoms with Crippen molar-refractivity contribution in [2.45, 2.75) is 65.9 Å². The summed E-state index contributed by atoms with van der Waals surface area (Å²) >= 11 is 0. The minimum absolute atomic E-state index is 0.0184. The lowest BCUT2D eigenvalue weighted by Gasteiger charge is -2.57. The predicted octanol–water partition coefficient (Wildman–Crippen LogP) is 4.18. The molecule has 0 bridgehead atoms. The maximum atomic E-state index is 12.0. The van der Waals surface area contributed by atoms with E-state index < -0.39 is 11.4 Å². The topological polar surface area (TPSA) is 57.5 Å². The van der Waals surface area contributed by atoms with Crippen LogP contribution < -0.4 is 0 Å². The fourth-order valence-electron chi connectivity index (χ4n) is 5.66. The van der Waals surface area contributed by atoms with Gasteiger partial charge < -0.3 is 10.2 Å². The van der Waals surface area contributed by atoms with Crippen LogP contribution >= 0.6 is 0 Å². The Kier molecular flexibility index (Phi) is 3.99. The molecule has 3 heteroatoms. The number of carboxylic acid groups (broad SMARTS) is 1. The molecule has 1 fully saturated rings. The fourth-order valence-corrected chi connectivity index (χ4v) is 5.66. The second-order valence-corrected chi connectivity index (χ2v) is 8.68. The van der Waals surface area contributed by atoms with Gasteiger partial charge in [-0.05, 0) is 66.9 Å². The summed E-state index contributed by atoms with van der Waals surface area (Å²) in [6.07, 6.45) is 8.49. The van der Waals surface area contributed by atoms with Crippen LogP contribution in [-0.4, -0.2) is 22.3 Å². The Balaban J connectivity index is 2.03. The largest absolute Gasteiger partial charge is 0.481 e. The van der Waals surface area contributed by atoms with Gasteiger partial charge in [0.25, 0.3) is 0 Å². The molecule has 0 amide bonds. The van der Waals surface area contributed by atoms with E-state index in [0.717, 1.165) is 37.7 Å². The molecule has 0 unspecified atom stereocenters. The molecular formula is C20H30O3. The second kappa shape index (κ2) is 5.47. The van der Waals surface area contributed by atoms with Gasteiger partial charge in [0.05, 0.1) is 11.5 Å². The summed E-state index contributed by atoms with van der Waals surface area (Å²) in [5.74, 6) is 0.155. The van der Waals surface area contributed by atoms with Crippen molar-refractivity contribution in [2.24, 2.45) is 28.6 Å². The molecule has 128 valence electrons. The molecule has 3 nitrogen and oxygen atoms in total. The Labute approximate surface area is 139 Å². The van der Waals surface area contributed by atoms with Crippen LogP contribution in [0.1, 0.15) is 59.8 Å². The number of allylic oxidation sites excluding steroid dienone is 3. The second-order valence-electron chi connectivity index (χ2n) is 8.68. The van der Waals surface area contributed by atoms with Crippen LogP contribution in [0.5, 0.6) is 0 Å². The number of aliphatic carboxylic acids is 1. The van der Waals surface area contributed by atoms with E-state index in [1.165, 1.54) is 5.57 Å². The van der Waals surface area contributed by atoms with Gasteiger partial charge in [-0.3, -0.25) is 4.79 Å². The first-order valence-electron chi connectivity index (χ1n) is 9.03. The Morgan fingerprint density at radius 1 is 1.30 bits per heavy atom. The van der Waals surface area contributed by atoms with Crippen LogP contribution in [0.25, 0.3) is 0 Å². The average molecular weight is 318 g/mol. The van der Waals surface area contributed by atoms with Crippen LogP contribution in [0.15, 0.2) is 23.3 Å². The number of aliphatic hydroxyl groups is 1. The molecule has 2 N–H and O–H groups in total. The van der Waals surface area contributed by atoms with Crippen molar-refractivity contribution in [2.75, 3.05) is 0 Å². The van der Waals surface area contributed by atoms with E-state index >= 15 is 0 Å². The van der Waals surface area contributed by atoms with Gasteiger partial charge in [0.1, 0.15) is 0 Å². The SMILES string of the molecule is CC(C)C1=CC2=CC[C@@H]3[C@](C)(CCC[C@@]3(C)C(=O)O)[C@H]2C[C@@H]1O. The summed E-state index contributed by atoms with van der Waals surface area (Å²) in [4.78, 5) is 12.0.